The molecule has 0 aromatic heterocycles. The minimum absolute atomic E-state index is 0.00263. The molecule has 76 valence electrons. The Morgan fingerprint density at radius 2 is 1.69 bits per heavy atom. The lowest BCUT2D eigenvalue weighted by molar-refractivity contribution is -0.115. The zero-order chi connectivity index (χ0) is 10.1. The molecule has 0 fully saturated rings. The Morgan fingerprint density at radius 3 is 2.23 bits per heavy atom. The number of unbranched alkanes of at least 4 members (excludes halogenated alkanes) is 5. The molecule has 0 bridgehead atoms. The average molecular weight is 203 g/mol. The van der Waals surface area contributed by atoms with Gasteiger partial charge in [0.2, 0.25) is 0 Å². The normalized spacial score (nSPS) is 10.0. The number of halogens is 1. The minimum Gasteiger partial charge on any atom is -0.293 e. The van der Waals surface area contributed by atoms with E-state index in [1.807, 2.05) is 0 Å². The van der Waals surface area contributed by atoms with E-state index in [1.165, 1.54) is 25.7 Å². The van der Waals surface area contributed by atoms with Crippen LogP contribution in [-0.4, -0.2) is 5.78 Å². The second kappa shape index (κ2) is 8.31. The number of hydrogen-bond donors (Lipinski definition) is 0. The van der Waals surface area contributed by atoms with Crippen LogP contribution in [0.1, 0.15) is 51.9 Å². The fourth-order valence-corrected chi connectivity index (χ4v) is 1.30. The third-order valence-electron chi connectivity index (χ3n) is 2.06. The van der Waals surface area contributed by atoms with Crippen molar-refractivity contribution in [3.63, 3.8) is 0 Å². The van der Waals surface area contributed by atoms with Crippen LogP contribution in [0.4, 0.5) is 0 Å². The largest absolute Gasteiger partial charge is 0.293 e. The number of hydrogen-bond acceptors (Lipinski definition) is 1. The molecule has 0 atom stereocenters. The molecular weight excluding hydrogens is 184 g/mol. The summed E-state index contributed by atoms with van der Waals surface area (Å²) in [5.74, 6) is -0.00263. The molecule has 1 nitrogen and oxygen atoms in total. The van der Waals surface area contributed by atoms with Crippen LogP contribution in [0, 0.1) is 0 Å². The van der Waals surface area contributed by atoms with Crippen molar-refractivity contribution in [3.8, 4) is 0 Å². The van der Waals surface area contributed by atoms with Crippen LogP contribution in [0.25, 0.3) is 0 Å². The van der Waals surface area contributed by atoms with E-state index < -0.39 is 0 Å². The summed E-state index contributed by atoms with van der Waals surface area (Å²) >= 11 is 5.45. The van der Waals surface area contributed by atoms with Crippen molar-refractivity contribution in [3.05, 3.63) is 11.6 Å². The average Bonchev–Trinajstić information content (AvgIpc) is 2.10. The monoisotopic (exact) mass is 202 g/mol. The highest BCUT2D eigenvalue weighted by Gasteiger charge is 2.02. The molecule has 2 heteroatoms. The molecule has 0 rings (SSSR count). The molecule has 0 aromatic carbocycles. The summed E-state index contributed by atoms with van der Waals surface area (Å²) in [5.41, 5.74) is 0. The molecule has 0 spiro atoms. The Balaban J connectivity index is 3.16. The molecule has 0 aliphatic heterocycles. The van der Waals surface area contributed by atoms with Gasteiger partial charge in [0.25, 0.3) is 0 Å². The molecule has 0 aromatic rings. The predicted molar refractivity (Wildman–Crippen MR) is 58.0 cm³/mol. The highest BCUT2D eigenvalue weighted by Crippen LogP contribution is 2.10. The van der Waals surface area contributed by atoms with Crippen molar-refractivity contribution in [1.29, 1.82) is 0 Å². The van der Waals surface area contributed by atoms with E-state index in [-0.39, 0.29) is 10.8 Å². The van der Waals surface area contributed by atoms with Crippen molar-refractivity contribution >= 4 is 17.4 Å². The standard InChI is InChI=1S/C11H19ClO/c1-3-4-5-6-7-8-9-11(13)10(2)12/h2-9H2,1H3. The van der Waals surface area contributed by atoms with Gasteiger partial charge in [-0.25, -0.2) is 0 Å². The van der Waals surface area contributed by atoms with Crippen LogP contribution in [0.2, 0.25) is 0 Å². The molecule has 0 radical (unpaired) electrons. The molecule has 0 N–H and O–H groups in total. The quantitative estimate of drug-likeness (QED) is 0.429. The van der Waals surface area contributed by atoms with Crippen LogP contribution >= 0.6 is 11.6 Å². The van der Waals surface area contributed by atoms with Gasteiger partial charge in [-0.3, -0.25) is 4.79 Å². The van der Waals surface area contributed by atoms with Gasteiger partial charge in [0.15, 0.2) is 5.78 Å². The molecule has 0 unspecified atom stereocenters. The Labute approximate surface area is 86.2 Å². The van der Waals surface area contributed by atoms with Crippen molar-refractivity contribution in [2.45, 2.75) is 51.9 Å². The number of carbonyl (C=O) groups is 1. The topological polar surface area (TPSA) is 17.1 Å². The second-order valence-corrected chi connectivity index (χ2v) is 3.80. The van der Waals surface area contributed by atoms with E-state index in [1.54, 1.807) is 0 Å². The lowest BCUT2D eigenvalue weighted by Crippen LogP contribution is -1.95. The molecule has 0 aliphatic carbocycles. The molecule has 13 heavy (non-hydrogen) atoms. The van der Waals surface area contributed by atoms with Gasteiger partial charge >= 0.3 is 0 Å². The zero-order valence-corrected chi connectivity index (χ0v) is 9.20. The van der Waals surface area contributed by atoms with Gasteiger partial charge in [0.1, 0.15) is 0 Å². The van der Waals surface area contributed by atoms with Gasteiger partial charge in [-0.05, 0) is 6.42 Å². The van der Waals surface area contributed by atoms with E-state index in [9.17, 15) is 4.79 Å². The molecule has 0 saturated heterocycles. The Hall–Kier alpha value is -0.300. The summed E-state index contributed by atoms with van der Waals surface area (Å²) in [7, 11) is 0. The van der Waals surface area contributed by atoms with E-state index in [4.69, 9.17) is 11.6 Å². The molecule has 0 aliphatic rings. The van der Waals surface area contributed by atoms with Gasteiger partial charge < -0.3 is 0 Å². The number of Topliss-reactive ketones (excluding diaryl/α,β-unsaturated/α-hetero) is 1. The SMILES string of the molecule is C=C(Cl)C(=O)CCCCCCCC. The maximum absolute atomic E-state index is 11.0. The highest BCUT2D eigenvalue weighted by atomic mass is 35.5. The lowest BCUT2D eigenvalue weighted by atomic mass is 10.1. The fourth-order valence-electron chi connectivity index (χ4n) is 1.20. The second-order valence-electron chi connectivity index (χ2n) is 3.35. The third kappa shape index (κ3) is 8.04. The smallest absolute Gasteiger partial charge is 0.173 e. The first-order chi connectivity index (χ1) is 6.18. The van der Waals surface area contributed by atoms with Crippen LogP contribution in [0.15, 0.2) is 11.6 Å². The Morgan fingerprint density at radius 1 is 1.15 bits per heavy atom. The summed E-state index contributed by atoms with van der Waals surface area (Å²) in [4.78, 5) is 11.0. The van der Waals surface area contributed by atoms with Crippen LogP contribution in [0.5, 0.6) is 0 Å². The first kappa shape index (κ1) is 12.7. The predicted octanol–water partition coefficient (Wildman–Crippen LogP) is 4.06. The van der Waals surface area contributed by atoms with Crippen molar-refractivity contribution in [2.75, 3.05) is 0 Å². The van der Waals surface area contributed by atoms with Gasteiger partial charge in [0.05, 0.1) is 5.03 Å². The molecular formula is C11H19ClO. The number of carbonyl (C=O) groups excluding carboxylic acids is 1. The molecule has 0 amide bonds. The first-order valence-electron chi connectivity index (χ1n) is 5.06. The molecule has 0 saturated carbocycles. The van der Waals surface area contributed by atoms with E-state index in [2.05, 4.69) is 13.5 Å². The van der Waals surface area contributed by atoms with Gasteiger partial charge in [-0.2, -0.15) is 0 Å². The van der Waals surface area contributed by atoms with Crippen molar-refractivity contribution in [2.24, 2.45) is 0 Å². The molecule has 0 heterocycles. The van der Waals surface area contributed by atoms with Crippen LogP contribution < -0.4 is 0 Å². The summed E-state index contributed by atoms with van der Waals surface area (Å²) in [6, 6.07) is 0. The summed E-state index contributed by atoms with van der Waals surface area (Å²) in [6.07, 6.45) is 7.73. The van der Waals surface area contributed by atoms with Crippen molar-refractivity contribution < 1.29 is 4.79 Å². The van der Waals surface area contributed by atoms with Gasteiger partial charge in [-0.1, -0.05) is 57.2 Å². The third-order valence-corrected chi connectivity index (χ3v) is 2.27. The zero-order valence-electron chi connectivity index (χ0n) is 8.44. The minimum atomic E-state index is -0.00263. The first-order valence-corrected chi connectivity index (χ1v) is 5.44. The Bertz CT molecular complexity index is 163. The number of rotatable bonds is 8. The lowest BCUT2D eigenvalue weighted by Gasteiger charge is -1.99. The Kier molecular flexibility index (Phi) is 8.11. The summed E-state index contributed by atoms with van der Waals surface area (Å²) in [5, 5.41) is 0.175. The number of ketones is 1. The van der Waals surface area contributed by atoms with Crippen LogP contribution in [-0.2, 0) is 4.79 Å². The maximum atomic E-state index is 11.0. The van der Waals surface area contributed by atoms with Gasteiger partial charge in [-0.15, -0.1) is 0 Å². The van der Waals surface area contributed by atoms with E-state index in [0.29, 0.717) is 6.42 Å². The van der Waals surface area contributed by atoms with E-state index in [0.717, 1.165) is 12.8 Å². The van der Waals surface area contributed by atoms with Gasteiger partial charge in [0, 0.05) is 6.42 Å². The summed E-state index contributed by atoms with van der Waals surface area (Å²) in [6.45, 7) is 5.59. The fraction of sp³-hybridized carbons (Fsp3) is 0.727. The highest BCUT2D eigenvalue weighted by molar-refractivity contribution is 6.42. The van der Waals surface area contributed by atoms with Crippen molar-refractivity contribution in [1.82, 2.24) is 0 Å². The summed E-state index contributed by atoms with van der Waals surface area (Å²) < 4.78 is 0. The number of allylic oxidation sites excluding steroid dienone is 1. The van der Waals surface area contributed by atoms with Crippen LogP contribution in [0.3, 0.4) is 0 Å². The van der Waals surface area contributed by atoms with E-state index >= 15 is 0 Å². The maximum Gasteiger partial charge on any atom is 0.173 e.